The van der Waals surface area contributed by atoms with E-state index in [4.69, 9.17) is 9.15 Å². The molecule has 2 heterocycles. The normalized spacial score (nSPS) is 19.4. The van der Waals surface area contributed by atoms with Gasteiger partial charge >= 0.3 is 0 Å². The minimum atomic E-state index is 0.0505. The van der Waals surface area contributed by atoms with Crippen LogP contribution in [-0.2, 0) is 11.2 Å². The van der Waals surface area contributed by atoms with Gasteiger partial charge < -0.3 is 9.15 Å². The summed E-state index contributed by atoms with van der Waals surface area (Å²) in [6.07, 6.45) is 2.97. The largest absolute Gasteiger partial charge is 0.461 e. The molecule has 1 aromatic carbocycles. The molecule has 0 bridgehead atoms. The number of fused-ring (bicyclic) bond motifs is 1. The van der Waals surface area contributed by atoms with Crippen molar-refractivity contribution in [1.82, 2.24) is 0 Å². The number of aryl methyl sites for hydroxylation is 1. The fourth-order valence-electron chi connectivity index (χ4n) is 2.43. The van der Waals surface area contributed by atoms with E-state index in [1.165, 1.54) is 0 Å². The zero-order valence-electron chi connectivity index (χ0n) is 10.2. The van der Waals surface area contributed by atoms with Crippen LogP contribution in [0.1, 0.15) is 18.6 Å². The van der Waals surface area contributed by atoms with Crippen molar-refractivity contribution in [2.45, 2.75) is 19.3 Å². The number of hydrogen-bond donors (Lipinski definition) is 0. The van der Waals surface area contributed by atoms with E-state index in [0.29, 0.717) is 16.9 Å². The van der Waals surface area contributed by atoms with Crippen LogP contribution in [0.4, 0.5) is 0 Å². The van der Waals surface area contributed by atoms with E-state index in [2.05, 4.69) is 0 Å². The van der Waals surface area contributed by atoms with Crippen molar-refractivity contribution in [3.05, 3.63) is 46.3 Å². The monoisotopic (exact) mass is 244 g/mol. The van der Waals surface area contributed by atoms with Gasteiger partial charge in [0.2, 0.25) is 0 Å². The van der Waals surface area contributed by atoms with Crippen LogP contribution in [0.15, 0.2) is 39.5 Å². The highest BCUT2D eigenvalue weighted by atomic mass is 16.5. The van der Waals surface area contributed by atoms with Crippen molar-refractivity contribution in [2.75, 3.05) is 13.2 Å². The number of ether oxygens (including phenoxy) is 1. The lowest BCUT2D eigenvalue weighted by Crippen LogP contribution is -2.05. The molecule has 1 atom stereocenters. The van der Waals surface area contributed by atoms with Gasteiger partial charge in [0.1, 0.15) is 11.3 Å². The summed E-state index contributed by atoms with van der Waals surface area (Å²) in [7, 11) is 0. The number of hydrogen-bond acceptors (Lipinski definition) is 3. The first kappa shape index (κ1) is 11.5. The summed E-state index contributed by atoms with van der Waals surface area (Å²) in [5, 5.41) is 0.658. The molecule has 1 aliphatic heterocycles. The Kier molecular flexibility index (Phi) is 3.15. The molecule has 1 unspecified atom stereocenters. The van der Waals surface area contributed by atoms with Gasteiger partial charge in [-0.1, -0.05) is 12.1 Å². The van der Waals surface area contributed by atoms with Crippen molar-refractivity contribution in [2.24, 2.45) is 5.92 Å². The second-order valence-electron chi connectivity index (χ2n) is 4.84. The predicted octanol–water partition coefficient (Wildman–Crippen LogP) is 2.76. The third-order valence-electron chi connectivity index (χ3n) is 3.51. The van der Waals surface area contributed by atoms with Gasteiger partial charge in [0.25, 0.3) is 0 Å². The van der Waals surface area contributed by atoms with E-state index in [1.807, 2.05) is 18.2 Å². The van der Waals surface area contributed by atoms with Gasteiger partial charge in [-0.2, -0.15) is 0 Å². The maximum absolute atomic E-state index is 11.9. The lowest BCUT2D eigenvalue weighted by molar-refractivity contribution is 0.184. The predicted molar refractivity (Wildman–Crippen MR) is 69.7 cm³/mol. The summed E-state index contributed by atoms with van der Waals surface area (Å²) in [4.78, 5) is 11.9. The Morgan fingerprint density at radius 1 is 1.28 bits per heavy atom. The fraction of sp³-hybridized carbons (Fsp3) is 0.400. The summed E-state index contributed by atoms with van der Waals surface area (Å²) in [5.74, 6) is 1.40. The third kappa shape index (κ3) is 2.31. The maximum atomic E-state index is 11.9. The molecule has 94 valence electrons. The molecule has 1 aromatic heterocycles. The fourth-order valence-corrected chi connectivity index (χ4v) is 2.43. The molecule has 0 saturated carbocycles. The van der Waals surface area contributed by atoms with E-state index in [1.54, 1.807) is 12.1 Å². The van der Waals surface area contributed by atoms with Crippen LogP contribution in [-0.4, -0.2) is 13.2 Å². The summed E-state index contributed by atoms with van der Waals surface area (Å²) in [5.41, 5.74) is 0.734. The zero-order valence-corrected chi connectivity index (χ0v) is 10.2. The summed E-state index contributed by atoms with van der Waals surface area (Å²) in [6.45, 7) is 1.71. The van der Waals surface area contributed by atoms with Gasteiger partial charge in [-0.3, -0.25) is 4.79 Å². The first-order valence-corrected chi connectivity index (χ1v) is 6.42. The standard InChI is InChI=1S/C15H16O3/c16-14-9-12(6-5-11-7-8-17-10-11)18-15-4-2-1-3-13(14)15/h1-4,9,11H,5-8,10H2. The van der Waals surface area contributed by atoms with Crippen LogP contribution in [0.2, 0.25) is 0 Å². The Labute approximate surface area is 105 Å². The Morgan fingerprint density at radius 3 is 3.00 bits per heavy atom. The minimum absolute atomic E-state index is 0.0505. The molecule has 18 heavy (non-hydrogen) atoms. The Bertz CT molecular complexity index is 594. The van der Waals surface area contributed by atoms with E-state index in [0.717, 1.165) is 38.2 Å². The third-order valence-corrected chi connectivity index (χ3v) is 3.51. The quantitative estimate of drug-likeness (QED) is 0.833. The molecule has 3 heteroatoms. The number of para-hydroxylation sites is 1. The summed E-state index contributed by atoms with van der Waals surface area (Å²) >= 11 is 0. The first-order chi connectivity index (χ1) is 8.83. The number of rotatable bonds is 3. The molecule has 0 radical (unpaired) electrons. The lowest BCUT2D eigenvalue weighted by Gasteiger charge is -2.07. The second-order valence-corrected chi connectivity index (χ2v) is 4.84. The van der Waals surface area contributed by atoms with Gasteiger partial charge in [-0.25, -0.2) is 0 Å². The van der Waals surface area contributed by atoms with Crippen LogP contribution in [0.25, 0.3) is 11.0 Å². The highest BCUT2D eigenvalue weighted by molar-refractivity contribution is 5.76. The van der Waals surface area contributed by atoms with Gasteiger partial charge in [0.15, 0.2) is 5.43 Å². The smallest absolute Gasteiger partial charge is 0.192 e. The lowest BCUT2D eigenvalue weighted by atomic mass is 10.0. The van der Waals surface area contributed by atoms with Crippen molar-refractivity contribution < 1.29 is 9.15 Å². The molecule has 3 rings (SSSR count). The molecular weight excluding hydrogens is 228 g/mol. The molecule has 1 aliphatic rings. The van der Waals surface area contributed by atoms with Gasteiger partial charge in [0, 0.05) is 25.7 Å². The Morgan fingerprint density at radius 2 is 2.17 bits per heavy atom. The summed E-state index contributed by atoms with van der Waals surface area (Å²) < 4.78 is 11.1. The van der Waals surface area contributed by atoms with Crippen LogP contribution in [0.3, 0.4) is 0 Å². The van der Waals surface area contributed by atoms with Gasteiger partial charge in [0.05, 0.1) is 5.39 Å². The topological polar surface area (TPSA) is 39.4 Å². The van der Waals surface area contributed by atoms with E-state index in [-0.39, 0.29) is 5.43 Å². The van der Waals surface area contributed by atoms with Crippen molar-refractivity contribution in [3.63, 3.8) is 0 Å². The van der Waals surface area contributed by atoms with E-state index in [9.17, 15) is 4.79 Å². The summed E-state index contributed by atoms with van der Waals surface area (Å²) in [6, 6.07) is 9.02. The van der Waals surface area contributed by atoms with Crippen LogP contribution in [0.5, 0.6) is 0 Å². The molecule has 2 aromatic rings. The van der Waals surface area contributed by atoms with Crippen molar-refractivity contribution in [3.8, 4) is 0 Å². The SMILES string of the molecule is O=c1cc(CCC2CCOC2)oc2ccccc12. The first-order valence-electron chi connectivity index (χ1n) is 6.42. The molecule has 0 N–H and O–H groups in total. The molecule has 1 saturated heterocycles. The molecule has 1 fully saturated rings. The average Bonchev–Trinajstić information content (AvgIpc) is 2.90. The van der Waals surface area contributed by atoms with Crippen LogP contribution < -0.4 is 5.43 Å². The highest BCUT2D eigenvalue weighted by Gasteiger charge is 2.16. The number of benzene rings is 1. The Balaban J connectivity index is 1.81. The van der Waals surface area contributed by atoms with E-state index < -0.39 is 0 Å². The highest BCUT2D eigenvalue weighted by Crippen LogP contribution is 2.20. The van der Waals surface area contributed by atoms with Crippen LogP contribution >= 0.6 is 0 Å². The van der Waals surface area contributed by atoms with Crippen molar-refractivity contribution >= 4 is 11.0 Å². The van der Waals surface area contributed by atoms with Crippen LogP contribution in [0, 0.1) is 5.92 Å². The van der Waals surface area contributed by atoms with E-state index >= 15 is 0 Å². The van der Waals surface area contributed by atoms with Gasteiger partial charge in [-0.05, 0) is 30.9 Å². The molecule has 0 spiro atoms. The van der Waals surface area contributed by atoms with Crippen molar-refractivity contribution in [1.29, 1.82) is 0 Å². The average molecular weight is 244 g/mol. The second kappa shape index (κ2) is 4.94. The van der Waals surface area contributed by atoms with Gasteiger partial charge in [-0.15, -0.1) is 0 Å². The molecule has 3 nitrogen and oxygen atoms in total. The molecular formula is C15H16O3. The Hall–Kier alpha value is -1.61. The maximum Gasteiger partial charge on any atom is 0.192 e. The zero-order chi connectivity index (χ0) is 12.4. The molecule has 0 amide bonds. The minimum Gasteiger partial charge on any atom is -0.461 e. The molecule has 0 aliphatic carbocycles.